The molecule has 0 saturated carbocycles. The Balaban J connectivity index is 2.55. The summed E-state index contributed by atoms with van der Waals surface area (Å²) >= 11 is 0. The van der Waals surface area contributed by atoms with Gasteiger partial charge in [0.1, 0.15) is 5.56 Å². The largest absolute Gasteiger partial charge is 0.492 e. The number of aromatic nitrogens is 1. The van der Waals surface area contributed by atoms with Crippen LogP contribution in [-0.4, -0.2) is 32.3 Å². The molecule has 0 aliphatic rings. The molecule has 0 spiro atoms. The smallest absolute Gasteiger partial charge is 0.339 e. The third kappa shape index (κ3) is 2.21. The summed E-state index contributed by atoms with van der Waals surface area (Å²) in [6, 6.07) is 6.28. The van der Waals surface area contributed by atoms with Gasteiger partial charge >= 0.3 is 5.97 Å². The molecule has 3 N–H and O–H groups in total. The van der Waals surface area contributed by atoms with E-state index in [0.29, 0.717) is 11.0 Å². The molecule has 0 amide bonds. The molecule has 7 heteroatoms. The number of carbonyl (C=O) groups excluding carboxylic acids is 1. The van der Waals surface area contributed by atoms with E-state index in [0.717, 1.165) is 12.1 Å². The number of rotatable bonds is 4. The molecule has 0 unspecified atom stereocenters. The highest BCUT2D eigenvalue weighted by molar-refractivity contribution is 5.95. The van der Waals surface area contributed by atoms with Crippen LogP contribution in [-0.2, 0) is 0 Å². The molecule has 0 aliphatic heterocycles. The number of hydrogen-bond donors (Lipinski definition) is 3. The second-order valence-electron chi connectivity index (χ2n) is 3.58. The SMILES string of the molecule is O=Cc1cccc(C(=O)O)c1On1c(O)ccc1O. The van der Waals surface area contributed by atoms with E-state index in [-0.39, 0.29) is 16.9 Å². The summed E-state index contributed by atoms with van der Waals surface area (Å²) in [6.45, 7) is 0. The summed E-state index contributed by atoms with van der Waals surface area (Å²) in [5.74, 6) is -2.44. The first-order valence-electron chi connectivity index (χ1n) is 5.14. The average molecular weight is 263 g/mol. The first-order chi connectivity index (χ1) is 9.04. The number of aromatic carboxylic acids is 1. The summed E-state index contributed by atoms with van der Waals surface area (Å²) in [4.78, 5) is 27.1. The third-order valence-corrected chi connectivity index (χ3v) is 2.38. The Labute approximate surface area is 106 Å². The van der Waals surface area contributed by atoms with Crippen LogP contribution in [0.5, 0.6) is 17.5 Å². The molecule has 98 valence electrons. The molecule has 7 nitrogen and oxygen atoms in total. The van der Waals surface area contributed by atoms with Gasteiger partial charge in [0.15, 0.2) is 12.0 Å². The number of carbonyl (C=O) groups is 2. The quantitative estimate of drug-likeness (QED) is 0.716. The molecule has 2 rings (SSSR count). The zero-order chi connectivity index (χ0) is 14.0. The molecule has 0 aliphatic carbocycles. The fourth-order valence-corrected chi connectivity index (χ4v) is 1.50. The van der Waals surface area contributed by atoms with Gasteiger partial charge in [-0.15, -0.1) is 4.73 Å². The molecule has 19 heavy (non-hydrogen) atoms. The maximum atomic E-state index is 11.1. The number of hydrogen-bond acceptors (Lipinski definition) is 5. The summed E-state index contributed by atoms with van der Waals surface area (Å²) in [7, 11) is 0. The molecular formula is C12H9NO6. The van der Waals surface area contributed by atoms with Crippen LogP contribution in [0, 0.1) is 0 Å². The van der Waals surface area contributed by atoms with Gasteiger partial charge in [-0.05, 0) is 12.1 Å². The van der Waals surface area contributed by atoms with Gasteiger partial charge in [-0.3, -0.25) is 4.79 Å². The zero-order valence-corrected chi connectivity index (χ0v) is 9.48. The van der Waals surface area contributed by atoms with Crippen molar-refractivity contribution in [2.45, 2.75) is 0 Å². The molecule has 2 aromatic rings. The van der Waals surface area contributed by atoms with Crippen LogP contribution in [0.4, 0.5) is 0 Å². The van der Waals surface area contributed by atoms with E-state index in [1.807, 2.05) is 0 Å². The predicted octanol–water partition coefficient (Wildman–Crippen LogP) is 1.25. The minimum absolute atomic E-state index is 0.0209. The van der Waals surface area contributed by atoms with Crippen LogP contribution in [0.1, 0.15) is 20.7 Å². The molecule has 0 atom stereocenters. The Morgan fingerprint density at radius 2 is 1.79 bits per heavy atom. The Morgan fingerprint density at radius 1 is 1.16 bits per heavy atom. The predicted molar refractivity (Wildman–Crippen MR) is 62.6 cm³/mol. The lowest BCUT2D eigenvalue weighted by atomic mass is 10.1. The van der Waals surface area contributed by atoms with Gasteiger partial charge in [-0.1, -0.05) is 6.07 Å². The zero-order valence-electron chi connectivity index (χ0n) is 9.48. The standard InChI is InChI=1S/C12H9NO6/c14-6-7-2-1-3-8(12(17)18)11(7)19-13-9(15)4-5-10(13)16/h1-6,15-16H,(H,17,18). The fraction of sp³-hybridized carbons (Fsp3) is 0. The van der Waals surface area contributed by atoms with Crippen molar-refractivity contribution < 1.29 is 29.7 Å². The summed E-state index contributed by atoms with van der Waals surface area (Å²) in [5, 5.41) is 27.9. The lowest BCUT2D eigenvalue weighted by molar-refractivity contribution is 0.0684. The number of benzene rings is 1. The first-order valence-corrected chi connectivity index (χ1v) is 5.14. The molecule has 0 radical (unpaired) electrons. The second-order valence-corrected chi connectivity index (χ2v) is 3.58. The van der Waals surface area contributed by atoms with Crippen molar-refractivity contribution in [3.63, 3.8) is 0 Å². The van der Waals surface area contributed by atoms with Crippen LogP contribution >= 0.6 is 0 Å². The third-order valence-electron chi connectivity index (χ3n) is 2.38. The Bertz CT molecular complexity index is 626. The van der Waals surface area contributed by atoms with Gasteiger partial charge in [0.2, 0.25) is 11.8 Å². The van der Waals surface area contributed by atoms with Gasteiger partial charge < -0.3 is 20.2 Å². The number of carboxylic acids is 1. The second kappa shape index (κ2) is 4.73. The molecule has 1 aromatic heterocycles. The summed E-state index contributed by atoms with van der Waals surface area (Å²) in [5.41, 5.74) is -0.287. The number of aromatic hydroxyl groups is 2. The van der Waals surface area contributed by atoms with E-state index in [9.17, 15) is 19.8 Å². The molecule has 0 saturated heterocycles. The van der Waals surface area contributed by atoms with Crippen molar-refractivity contribution >= 4 is 12.3 Å². The lowest BCUT2D eigenvalue weighted by Crippen LogP contribution is -2.10. The monoisotopic (exact) mass is 263 g/mol. The molecule has 1 aromatic carbocycles. The van der Waals surface area contributed by atoms with Crippen LogP contribution in [0.2, 0.25) is 0 Å². The lowest BCUT2D eigenvalue weighted by Gasteiger charge is -2.12. The minimum atomic E-state index is -1.30. The highest BCUT2D eigenvalue weighted by atomic mass is 16.7. The molecule has 0 bridgehead atoms. The van der Waals surface area contributed by atoms with Crippen LogP contribution in [0.3, 0.4) is 0 Å². The van der Waals surface area contributed by atoms with Gasteiger partial charge in [0, 0.05) is 12.1 Å². The van der Waals surface area contributed by atoms with Crippen molar-refractivity contribution in [2.24, 2.45) is 0 Å². The summed E-state index contributed by atoms with van der Waals surface area (Å²) in [6.07, 6.45) is 0.416. The Morgan fingerprint density at radius 3 is 2.32 bits per heavy atom. The van der Waals surface area contributed by atoms with Gasteiger partial charge in [-0.2, -0.15) is 0 Å². The van der Waals surface area contributed by atoms with E-state index in [2.05, 4.69) is 0 Å². The topological polar surface area (TPSA) is 109 Å². The van der Waals surface area contributed by atoms with Crippen LogP contribution < -0.4 is 4.84 Å². The summed E-state index contributed by atoms with van der Waals surface area (Å²) < 4.78 is 0.606. The number of nitrogens with zero attached hydrogens (tertiary/aromatic N) is 1. The minimum Gasteiger partial charge on any atom is -0.492 e. The van der Waals surface area contributed by atoms with Crippen molar-refractivity contribution in [2.75, 3.05) is 0 Å². The van der Waals surface area contributed by atoms with E-state index >= 15 is 0 Å². The maximum absolute atomic E-state index is 11.1. The molecular weight excluding hydrogens is 254 g/mol. The van der Waals surface area contributed by atoms with Crippen molar-refractivity contribution in [1.29, 1.82) is 0 Å². The fourth-order valence-electron chi connectivity index (χ4n) is 1.50. The van der Waals surface area contributed by atoms with Gasteiger partial charge in [0.25, 0.3) is 0 Å². The van der Waals surface area contributed by atoms with E-state index in [4.69, 9.17) is 9.94 Å². The van der Waals surface area contributed by atoms with Crippen LogP contribution in [0.15, 0.2) is 30.3 Å². The van der Waals surface area contributed by atoms with Gasteiger partial charge in [0.05, 0.1) is 5.56 Å². The number of carboxylic acid groups (broad SMARTS) is 1. The Kier molecular flexibility index (Phi) is 3.11. The highest BCUT2D eigenvalue weighted by Crippen LogP contribution is 2.28. The molecule has 0 fully saturated rings. The first kappa shape index (κ1) is 12.5. The maximum Gasteiger partial charge on any atom is 0.339 e. The number of para-hydroxylation sites is 1. The normalized spacial score (nSPS) is 10.1. The highest BCUT2D eigenvalue weighted by Gasteiger charge is 2.18. The average Bonchev–Trinajstić information content (AvgIpc) is 2.70. The number of aldehydes is 1. The van der Waals surface area contributed by atoms with Crippen molar-refractivity contribution in [3.8, 4) is 17.5 Å². The Hall–Kier alpha value is -2.96. The van der Waals surface area contributed by atoms with E-state index in [1.165, 1.54) is 18.2 Å². The van der Waals surface area contributed by atoms with E-state index in [1.54, 1.807) is 0 Å². The van der Waals surface area contributed by atoms with Crippen molar-refractivity contribution in [3.05, 3.63) is 41.5 Å². The van der Waals surface area contributed by atoms with Crippen molar-refractivity contribution in [1.82, 2.24) is 4.73 Å². The van der Waals surface area contributed by atoms with Crippen LogP contribution in [0.25, 0.3) is 0 Å². The van der Waals surface area contributed by atoms with E-state index < -0.39 is 17.7 Å². The van der Waals surface area contributed by atoms with Gasteiger partial charge in [-0.25, -0.2) is 4.79 Å². The molecule has 1 heterocycles.